The van der Waals surface area contributed by atoms with E-state index in [4.69, 9.17) is 11.6 Å². The quantitative estimate of drug-likeness (QED) is 0.782. The lowest BCUT2D eigenvalue weighted by Gasteiger charge is -2.22. The van der Waals surface area contributed by atoms with Crippen molar-refractivity contribution in [2.75, 3.05) is 12.9 Å². The summed E-state index contributed by atoms with van der Waals surface area (Å²) in [6.07, 6.45) is 0. The van der Waals surface area contributed by atoms with Crippen molar-refractivity contribution in [3.05, 3.63) is 30.1 Å². The Labute approximate surface area is 99.9 Å². The van der Waals surface area contributed by atoms with Crippen LogP contribution in [0.1, 0.15) is 6.92 Å². The van der Waals surface area contributed by atoms with Gasteiger partial charge in [-0.25, -0.2) is 12.8 Å². The number of nitrogens with zero attached hydrogens (tertiary/aromatic N) is 1. The molecule has 90 valence electrons. The van der Waals surface area contributed by atoms with Gasteiger partial charge in [-0.05, 0) is 25.1 Å². The van der Waals surface area contributed by atoms with Crippen molar-refractivity contribution in [1.82, 2.24) is 4.31 Å². The fourth-order valence-electron chi connectivity index (χ4n) is 1.13. The smallest absolute Gasteiger partial charge is 0.207 e. The molecule has 0 spiro atoms. The van der Waals surface area contributed by atoms with Gasteiger partial charge in [-0.15, -0.1) is 11.6 Å². The van der Waals surface area contributed by atoms with E-state index in [1.54, 1.807) is 6.92 Å². The Morgan fingerprint density at radius 2 is 2.12 bits per heavy atom. The average molecular weight is 266 g/mol. The molecule has 1 unspecified atom stereocenters. The fourth-order valence-corrected chi connectivity index (χ4v) is 2.81. The second-order valence-corrected chi connectivity index (χ2v) is 5.79. The molecule has 16 heavy (non-hydrogen) atoms. The van der Waals surface area contributed by atoms with Crippen LogP contribution in [0.4, 0.5) is 4.39 Å². The highest BCUT2D eigenvalue weighted by molar-refractivity contribution is 7.89. The van der Waals surface area contributed by atoms with E-state index in [0.717, 1.165) is 10.4 Å². The number of halogens is 2. The van der Waals surface area contributed by atoms with Crippen molar-refractivity contribution in [2.24, 2.45) is 0 Å². The average Bonchev–Trinajstić information content (AvgIpc) is 2.27. The van der Waals surface area contributed by atoms with Gasteiger partial charge in [-0.2, -0.15) is 4.31 Å². The van der Waals surface area contributed by atoms with E-state index >= 15 is 0 Å². The van der Waals surface area contributed by atoms with E-state index in [-0.39, 0.29) is 16.8 Å². The first kappa shape index (κ1) is 13.4. The predicted molar refractivity (Wildman–Crippen MR) is 61.5 cm³/mol. The van der Waals surface area contributed by atoms with Crippen LogP contribution >= 0.6 is 11.6 Å². The van der Waals surface area contributed by atoms with Gasteiger partial charge in [0.05, 0.1) is 4.90 Å². The van der Waals surface area contributed by atoms with E-state index in [9.17, 15) is 12.8 Å². The zero-order valence-corrected chi connectivity index (χ0v) is 10.6. The van der Waals surface area contributed by atoms with Crippen LogP contribution in [-0.2, 0) is 10.0 Å². The van der Waals surface area contributed by atoms with Crippen LogP contribution in [0.5, 0.6) is 0 Å². The van der Waals surface area contributed by atoms with Crippen molar-refractivity contribution < 1.29 is 12.8 Å². The van der Waals surface area contributed by atoms with Crippen molar-refractivity contribution in [3.63, 3.8) is 0 Å². The van der Waals surface area contributed by atoms with Crippen molar-refractivity contribution >= 4 is 21.6 Å². The molecule has 0 radical (unpaired) electrons. The molecule has 0 aromatic heterocycles. The van der Waals surface area contributed by atoms with Crippen LogP contribution in [0.3, 0.4) is 0 Å². The molecule has 1 aromatic rings. The van der Waals surface area contributed by atoms with Gasteiger partial charge in [-0.1, -0.05) is 6.07 Å². The summed E-state index contributed by atoms with van der Waals surface area (Å²) in [5, 5.41) is 0. The lowest BCUT2D eigenvalue weighted by Crippen LogP contribution is -2.36. The molecule has 0 fully saturated rings. The molecule has 0 aliphatic rings. The minimum atomic E-state index is -3.66. The number of sulfonamides is 1. The van der Waals surface area contributed by atoms with Crippen molar-refractivity contribution in [1.29, 1.82) is 0 Å². The normalized spacial score (nSPS) is 14.1. The number of hydrogen-bond acceptors (Lipinski definition) is 2. The number of hydrogen-bond donors (Lipinski definition) is 0. The standard InChI is InChI=1S/C10H13ClFNO2S/c1-8(7-11)13(2)16(14,15)10-5-3-4-9(12)6-10/h3-6,8H,7H2,1-2H3. The van der Waals surface area contributed by atoms with Crippen LogP contribution in [-0.4, -0.2) is 31.7 Å². The second kappa shape index (κ2) is 5.12. The van der Waals surface area contributed by atoms with E-state index in [2.05, 4.69) is 0 Å². The molecule has 0 heterocycles. The molecular weight excluding hydrogens is 253 g/mol. The largest absolute Gasteiger partial charge is 0.243 e. The van der Waals surface area contributed by atoms with Crippen molar-refractivity contribution in [2.45, 2.75) is 17.9 Å². The van der Waals surface area contributed by atoms with Crippen LogP contribution in [0.15, 0.2) is 29.2 Å². The van der Waals surface area contributed by atoms with E-state index in [1.807, 2.05) is 0 Å². The van der Waals surface area contributed by atoms with Gasteiger partial charge in [0.25, 0.3) is 0 Å². The molecule has 3 nitrogen and oxygen atoms in total. The molecule has 0 bridgehead atoms. The Kier molecular flexibility index (Phi) is 4.29. The maximum atomic E-state index is 12.9. The summed E-state index contributed by atoms with van der Waals surface area (Å²) < 4.78 is 38.0. The Hall–Kier alpha value is -0.650. The molecule has 0 amide bonds. The lowest BCUT2D eigenvalue weighted by atomic mass is 10.4. The van der Waals surface area contributed by atoms with Gasteiger partial charge in [0.2, 0.25) is 10.0 Å². The molecular formula is C10H13ClFNO2S. The Bertz CT molecular complexity index is 464. The third kappa shape index (κ3) is 2.72. The maximum Gasteiger partial charge on any atom is 0.243 e. The third-order valence-corrected chi connectivity index (χ3v) is 4.73. The van der Waals surface area contributed by atoms with Gasteiger partial charge in [0, 0.05) is 19.0 Å². The summed E-state index contributed by atoms with van der Waals surface area (Å²) in [6.45, 7) is 1.68. The zero-order valence-electron chi connectivity index (χ0n) is 9.02. The first-order valence-corrected chi connectivity index (χ1v) is 6.66. The highest BCUT2D eigenvalue weighted by Crippen LogP contribution is 2.17. The first-order valence-electron chi connectivity index (χ1n) is 4.69. The number of rotatable bonds is 4. The number of benzene rings is 1. The molecule has 1 aromatic carbocycles. The van der Waals surface area contributed by atoms with Crippen LogP contribution in [0, 0.1) is 5.82 Å². The summed E-state index contributed by atoms with van der Waals surface area (Å²) in [7, 11) is -2.24. The molecule has 6 heteroatoms. The molecule has 1 atom stereocenters. The van der Waals surface area contributed by atoms with Crippen LogP contribution in [0.2, 0.25) is 0 Å². The summed E-state index contributed by atoms with van der Waals surface area (Å²) in [4.78, 5) is -0.0630. The van der Waals surface area contributed by atoms with E-state index < -0.39 is 15.8 Å². The van der Waals surface area contributed by atoms with Gasteiger partial charge in [0.1, 0.15) is 5.82 Å². The van der Waals surface area contributed by atoms with Crippen LogP contribution in [0.25, 0.3) is 0 Å². The summed E-state index contributed by atoms with van der Waals surface area (Å²) >= 11 is 5.59. The van der Waals surface area contributed by atoms with Gasteiger partial charge in [0.15, 0.2) is 0 Å². The molecule has 0 saturated heterocycles. The minimum Gasteiger partial charge on any atom is -0.207 e. The van der Waals surface area contributed by atoms with Crippen molar-refractivity contribution in [3.8, 4) is 0 Å². The molecule has 0 aliphatic heterocycles. The summed E-state index contributed by atoms with van der Waals surface area (Å²) in [5.41, 5.74) is 0. The fraction of sp³-hybridized carbons (Fsp3) is 0.400. The van der Waals surface area contributed by atoms with Gasteiger partial charge >= 0.3 is 0 Å². The zero-order chi connectivity index (χ0) is 12.3. The SMILES string of the molecule is CC(CCl)N(C)S(=O)(=O)c1cccc(F)c1. The number of alkyl halides is 1. The van der Waals surface area contributed by atoms with Gasteiger partial charge < -0.3 is 0 Å². The Morgan fingerprint density at radius 3 is 2.62 bits per heavy atom. The second-order valence-electron chi connectivity index (χ2n) is 3.48. The molecule has 0 aliphatic carbocycles. The van der Waals surface area contributed by atoms with Crippen LogP contribution < -0.4 is 0 Å². The molecule has 1 rings (SSSR count). The Balaban J connectivity index is 3.12. The maximum absolute atomic E-state index is 12.9. The summed E-state index contributed by atoms with van der Waals surface area (Å²) in [6, 6.07) is 4.57. The lowest BCUT2D eigenvalue weighted by molar-refractivity contribution is 0.413. The minimum absolute atomic E-state index is 0.0630. The van der Waals surface area contributed by atoms with E-state index in [0.29, 0.717) is 0 Å². The molecule has 0 N–H and O–H groups in total. The third-order valence-electron chi connectivity index (χ3n) is 2.32. The highest BCUT2D eigenvalue weighted by atomic mass is 35.5. The van der Waals surface area contributed by atoms with Gasteiger partial charge in [-0.3, -0.25) is 0 Å². The predicted octanol–water partition coefficient (Wildman–Crippen LogP) is 2.07. The summed E-state index contributed by atoms with van der Waals surface area (Å²) in [5.74, 6) is -0.390. The highest BCUT2D eigenvalue weighted by Gasteiger charge is 2.24. The topological polar surface area (TPSA) is 37.4 Å². The Morgan fingerprint density at radius 1 is 1.50 bits per heavy atom. The monoisotopic (exact) mass is 265 g/mol. The molecule has 0 saturated carbocycles. The van der Waals surface area contributed by atoms with E-state index in [1.165, 1.54) is 25.2 Å². The first-order chi connectivity index (χ1) is 7.39.